The van der Waals surface area contributed by atoms with Crippen LogP contribution in [0.3, 0.4) is 0 Å². The highest BCUT2D eigenvalue weighted by molar-refractivity contribution is 4.89. The van der Waals surface area contributed by atoms with Crippen molar-refractivity contribution in [2.45, 2.75) is 57.9 Å². The summed E-state index contributed by atoms with van der Waals surface area (Å²) in [5.74, 6) is 0. The highest BCUT2D eigenvalue weighted by Gasteiger charge is 2.34. The molecule has 1 aliphatic carbocycles. The van der Waals surface area contributed by atoms with Gasteiger partial charge in [-0.3, -0.25) is 4.90 Å². The highest BCUT2D eigenvalue weighted by atomic mass is 15.3. The van der Waals surface area contributed by atoms with E-state index in [1.54, 1.807) is 0 Å². The Morgan fingerprint density at radius 2 is 1.76 bits per heavy atom. The van der Waals surface area contributed by atoms with Crippen molar-refractivity contribution in [3.05, 3.63) is 0 Å². The van der Waals surface area contributed by atoms with Gasteiger partial charge in [-0.05, 0) is 57.2 Å². The van der Waals surface area contributed by atoms with Gasteiger partial charge in [0.05, 0.1) is 0 Å². The van der Waals surface area contributed by atoms with Crippen LogP contribution in [0, 0.1) is 5.41 Å². The van der Waals surface area contributed by atoms with Crippen LogP contribution in [-0.4, -0.2) is 48.6 Å². The van der Waals surface area contributed by atoms with Gasteiger partial charge in [-0.15, -0.1) is 0 Å². The fraction of sp³-hybridized carbons (Fsp3) is 1.00. The maximum absolute atomic E-state index is 2.79. The van der Waals surface area contributed by atoms with Crippen LogP contribution in [0.1, 0.15) is 51.9 Å². The minimum absolute atomic E-state index is 0.647. The van der Waals surface area contributed by atoms with Crippen molar-refractivity contribution in [3.8, 4) is 0 Å². The summed E-state index contributed by atoms with van der Waals surface area (Å²) in [6, 6.07) is 0.891. The van der Waals surface area contributed by atoms with Gasteiger partial charge in [0.15, 0.2) is 0 Å². The lowest BCUT2D eigenvalue weighted by atomic mass is 9.88. The van der Waals surface area contributed by atoms with Gasteiger partial charge in [0, 0.05) is 19.1 Å². The average molecular weight is 236 g/mol. The number of fused-ring (bicyclic) bond motifs is 1. The number of hydrogen-bond acceptors (Lipinski definition) is 2. The van der Waals surface area contributed by atoms with Crippen LogP contribution < -0.4 is 0 Å². The van der Waals surface area contributed by atoms with Gasteiger partial charge in [0.1, 0.15) is 0 Å². The summed E-state index contributed by atoms with van der Waals surface area (Å²) in [5.41, 5.74) is 0.647. The van der Waals surface area contributed by atoms with Gasteiger partial charge in [0.25, 0.3) is 0 Å². The van der Waals surface area contributed by atoms with Crippen LogP contribution in [0.2, 0.25) is 0 Å². The van der Waals surface area contributed by atoms with E-state index in [1.807, 2.05) is 0 Å². The van der Waals surface area contributed by atoms with Crippen LogP contribution in [0.25, 0.3) is 0 Å². The van der Waals surface area contributed by atoms with Crippen LogP contribution in [0.15, 0.2) is 0 Å². The third-order valence-electron chi connectivity index (χ3n) is 5.30. The quantitative estimate of drug-likeness (QED) is 0.727. The summed E-state index contributed by atoms with van der Waals surface area (Å²) in [5, 5.41) is 0. The number of rotatable bonds is 2. The molecule has 0 spiro atoms. The van der Waals surface area contributed by atoms with Gasteiger partial charge in [-0.25, -0.2) is 0 Å². The molecule has 3 fully saturated rings. The van der Waals surface area contributed by atoms with Crippen molar-refractivity contribution in [1.29, 1.82) is 0 Å². The second kappa shape index (κ2) is 4.89. The molecule has 0 aromatic heterocycles. The summed E-state index contributed by atoms with van der Waals surface area (Å²) < 4.78 is 0. The Bertz CT molecular complexity index is 258. The van der Waals surface area contributed by atoms with E-state index in [1.165, 1.54) is 77.7 Å². The fourth-order valence-corrected chi connectivity index (χ4v) is 4.35. The Morgan fingerprint density at radius 1 is 1.00 bits per heavy atom. The summed E-state index contributed by atoms with van der Waals surface area (Å²) in [6.07, 6.45) is 10.2. The summed E-state index contributed by atoms with van der Waals surface area (Å²) in [6.45, 7) is 9.33. The maximum atomic E-state index is 2.79. The van der Waals surface area contributed by atoms with Gasteiger partial charge < -0.3 is 4.90 Å². The molecule has 98 valence electrons. The van der Waals surface area contributed by atoms with Crippen LogP contribution in [0.5, 0.6) is 0 Å². The Kier molecular flexibility index (Phi) is 3.45. The zero-order chi connectivity index (χ0) is 11.7. The zero-order valence-corrected chi connectivity index (χ0v) is 11.5. The summed E-state index contributed by atoms with van der Waals surface area (Å²) in [4.78, 5) is 5.54. The van der Waals surface area contributed by atoms with Crippen molar-refractivity contribution in [2.75, 3.05) is 32.7 Å². The van der Waals surface area contributed by atoms with E-state index in [0.29, 0.717) is 5.41 Å². The second-order valence-electron chi connectivity index (χ2n) is 6.94. The Labute approximate surface area is 106 Å². The molecule has 1 unspecified atom stereocenters. The molecule has 0 aromatic rings. The molecule has 2 aliphatic heterocycles. The predicted molar refractivity (Wildman–Crippen MR) is 72.2 cm³/mol. The topological polar surface area (TPSA) is 6.48 Å². The largest absolute Gasteiger partial charge is 0.301 e. The van der Waals surface area contributed by atoms with Crippen LogP contribution in [0.4, 0.5) is 0 Å². The zero-order valence-electron chi connectivity index (χ0n) is 11.5. The van der Waals surface area contributed by atoms with E-state index in [2.05, 4.69) is 16.7 Å². The van der Waals surface area contributed by atoms with Gasteiger partial charge in [-0.1, -0.05) is 19.8 Å². The Morgan fingerprint density at radius 3 is 2.59 bits per heavy atom. The third-order valence-corrected chi connectivity index (χ3v) is 5.30. The molecule has 2 heteroatoms. The van der Waals surface area contributed by atoms with Crippen molar-refractivity contribution < 1.29 is 0 Å². The molecule has 0 bridgehead atoms. The molecule has 0 N–H and O–H groups in total. The van der Waals surface area contributed by atoms with Crippen molar-refractivity contribution >= 4 is 0 Å². The Hall–Kier alpha value is -0.0800. The monoisotopic (exact) mass is 236 g/mol. The first-order valence-electron chi connectivity index (χ1n) is 7.72. The maximum Gasteiger partial charge on any atom is 0.0223 e. The lowest BCUT2D eigenvalue weighted by Gasteiger charge is -2.33. The molecule has 0 aromatic carbocycles. The smallest absolute Gasteiger partial charge is 0.0223 e. The molecule has 17 heavy (non-hydrogen) atoms. The average Bonchev–Trinajstić information content (AvgIpc) is 2.85. The summed E-state index contributed by atoms with van der Waals surface area (Å²) in [7, 11) is 0. The molecule has 0 amide bonds. The first-order valence-corrected chi connectivity index (χ1v) is 7.72. The molecule has 3 aliphatic rings. The first-order chi connectivity index (χ1) is 8.25. The van der Waals surface area contributed by atoms with Crippen LogP contribution >= 0.6 is 0 Å². The van der Waals surface area contributed by atoms with Gasteiger partial charge in [-0.2, -0.15) is 0 Å². The normalized spacial score (nSPS) is 34.8. The van der Waals surface area contributed by atoms with E-state index in [-0.39, 0.29) is 0 Å². The first kappa shape index (κ1) is 12.0. The van der Waals surface area contributed by atoms with Crippen molar-refractivity contribution in [2.24, 2.45) is 5.41 Å². The number of hydrogen-bond donors (Lipinski definition) is 0. The van der Waals surface area contributed by atoms with E-state index in [0.717, 1.165) is 6.04 Å². The minimum atomic E-state index is 0.647. The molecule has 2 saturated heterocycles. The van der Waals surface area contributed by atoms with Crippen LogP contribution in [-0.2, 0) is 0 Å². The SMILES string of the molecule is CC1(CN2CCCN3CCCC3C2)CCCC1. The standard InChI is InChI=1S/C15H28N2/c1-15(7-2-3-8-15)13-16-9-5-11-17-10-4-6-14(17)12-16/h14H,2-13H2,1H3. The molecule has 2 heterocycles. The molecule has 3 rings (SSSR count). The summed E-state index contributed by atoms with van der Waals surface area (Å²) >= 11 is 0. The molecule has 1 atom stereocenters. The third kappa shape index (κ3) is 2.68. The van der Waals surface area contributed by atoms with E-state index >= 15 is 0 Å². The second-order valence-corrected chi connectivity index (χ2v) is 6.94. The predicted octanol–water partition coefficient (Wildman–Crippen LogP) is 2.74. The van der Waals surface area contributed by atoms with Crippen molar-refractivity contribution in [3.63, 3.8) is 0 Å². The van der Waals surface area contributed by atoms with Gasteiger partial charge >= 0.3 is 0 Å². The molecule has 2 nitrogen and oxygen atoms in total. The minimum Gasteiger partial charge on any atom is -0.301 e. The van der Waals surface area contributed by atoms with E-state index in [4.69, 9.17) is 0 Å². The molecular formula is C15H28N2. The highest BCUT2D eigenvalue weighted by Crippen LogP contribution is 2.38. The van der Waals surface area contributed by atoms with Crippen molar-refractivity contribution in [1.82, 2.24) is 9.80 Å². The Balaban J connectivity index is 1.59. The van der Waals surface area contributed by atoms with E-state index < -0.39 is 0 Å². The molecular weight excluding hydrogens is 208 g/mol. The molecule has 1 saturated carbocycles. The lowest BCUT2D eigenvalue weighted by molar-refractivity contribution is 0.153. The lowest BCUT2D eigenvalue weighted by Crippen LogP contribution is -2.40. The number of nitrogens with zero attached hydrogens (tertiary/aromatic N) is 2. The van der Waals surface area contributed by atoms with Gasteiger partial charge in [0.2, 0.25) is 0 Å². The van der Waals surface area contributed by atoms with E-state index in [9.17, 15) is 0 Å². The molecule has 0 radical (unpaired) electrons. The fourth-order valence-electron chi connectivity index (χ4n) is 4.35.